The van der Waals surface area contributed by atoms with Crippen LogP contribution < -0.4 is 0 Å². The number of amides is 1. The summed E-state index contributed by atoms with van der Waals surface area (Å²) >= 11 is 0. The summed E-state index contributed by atoms with van der Waals surface area (Å²) in [5.41, 5.74) is 2.19. The molecule has 30 heavy (non-hydrogen) atoms. The Morgan fingerprint density at radius 1 is 1.07 bits per heavy atom. The SMILES string of the molecule is CN1C[C@H]2CN(C(=O)c3cn(-c4ccccc4)nn3)C[C@H]2[C@@H]1c1cccc(F)c1.Cl. The maximum absolute atomic E-state index is 13.8. The van der Waals surface area contributed by atoms with Gasteiger partial charge in [0.05, 0.1) is 11.9 Å². The first-order valence-electron chi connectivity index (χ1n) is 9.83. The van der Waals surface area contributed by atoms with Gasteiger partial charge in [0.1, 0.15) is 5.82 Å². The van der Waals surface area contributed by atoms with Crippen LogP contribution in [0.25, 0.3) is 5.69 Å². The fraction of sp³-hybridized carbons (Fsp3) is 0.318. The lowest BCUT2D eigenvalue weighted by atomic mass is 9.89. The predicted molar refractivity (Wildman–Crippen MR) is 113 cm³/mol. The molecule has 0 bridgehead atoms. The molecular formula is C22H23ClFN5O. The normalized spacial score (nSPS) is 23.3. The molecule has 3 heterocycles. The van der Waals surface area contributed by atoms with E-state index in [1.54, 1.807) is 23.0 Å². The molecule has 3 aromatic rings. The number of fused-ring (bicyclic) bond motifs is 1. The van der Waals surface area contributed by atoms with Gasteiger partial charge in [-0.1, -0.05) is 35.5 Å². The van der Waals surface area contributed by atoms with E-state index in [1.807, 2.05) is 41.3 Å². The standard InChI is InChI=1S/C22H22FN5O.ClH/c1-26-11-16-12-27(13-19(16)21(26)15-6-5-7-17(23)10-15)22(29)20-14-28(25-24-20)18-8-3-2-4-9-18;/h2-10,14,16,19,21H,11-13H2,1H3;1H/t16-,19+,21-;/m0./s1. The zero-order chi connectivity index (χ0) is 20.0. The van der Waals surface area contributed by atoms with Crippen LogP contribution in [-0.2, 0) is 0 Å². The average Bonchev–Trinajstić information content (AvgIpc) is 3.42. The molecule has 156 valence electrons. The quantitative estimate of drug-likeness (QED) is 0.644. The van der Waals surface area contributed by atoms with Crippen molar-refractivity contribution < 1.29 is 9.18 Å². The number of hydrogen-bond acceptors (Lipinski definition) is 4. The Morgan fingerprint density at radius 2 is 1.87 bits per heavy atom. The van der Waals surface area contributed by atoms with Crippen LogP contribution in [0.4, 0.5) is 4.39 Å². The molecular weight excluding hydrogens is 405 g/mol. The minimum Gasteiger partial charge on any atom is -0.336 e. The number of rotatable bonds is 3. The van der Waals surface area contributed by atoms with Gasteiger partial charge >= 0.3 is 0 Å². The number of carbonyl (C=O) groups is 1. The van der Waals surface area contributed by atoms with Crippen molar-refractivity contribution in [1.29, 1.82) is 0 Å². The Labute approximate surface area is 180 Å². The molecule has 0 aliphatic carbocycles. The number of benzene rings is 2. The second-order valence-electron chi connectivity index (χ2n) is 7.96. The summed E-state index contributed by atoms with van der Waals surface area (Å²) in [6, 6.07) is 16.5. The van der Waals surface area contributed by atoms with Crippen molar-refractivity contribution in [1.82, 2.24) is 24.8 Å². The molecule has 2 aromatic carbocycles. The van der Waals surface area contributed by atoms with Crippen molar-refractivity contribution in [3.8, 4) is 5.69 Å². The van der Waals surface area contributed by atoms with E-state index in [2.05, 4.69) is 22.3 Å². The van der Waals surface area contributed by atoms with E-state index in [0.29, 0.717) is 24.7 Å². The van der Waals surface area contributed by atoms with E-state index in [1.165, 1.54) is 6.07 Å². The molecule has 0 N–H and O–H groups in total. The van der Waals surface area contributed by atoms with E-state index in [0.717, 1.165) is 17.8 Å². The highest BCUT2D eigenvalue weighted by atomic mass is 35.5. The van der Waals surface area contributed by atoms with Crippen LogP contribution in [0.3, 0.4) is 0 Å². The zero-order valence-electron chi connectivity index (χ0n) is 16.6. The largest absolute Gasteiger partial charge is 0.336 e. The fourth-order valence-electron chi connectivity index (χ4n) is 4.85. The summed E-state index contributed by atoms with van der Waals surface area (Å²) < 4.78 is 15.4. The van der Waals surface area contributed by atoms with Gasteiger partial charge in [0.15, 0.2) is 5.69 Å². The first kappa shape index (κ1) is 20.5. The third-order valence-electron chi connectivity index (χ3n) is 6.11. The van der Waals surface area contributed by atoms with Gasteiger partial charge in [-0.2, -0.15) is 0 Å². The lowest BCUT2D eigenvalue weighted by Gasteiger charge is -2.26. The summed E-state index contributed by atoms with van der Waals surface area (Å²) in [5, 5.41) is 8.20. The van der Waals surface area contributed by atoms with Gasteiger partial charge in [-0.05, 0) is 42.8 Å². The Bertz CT molecular complexity index is 1040. The Kier molecular flexibility index (Phi) is 5.58. The van der Waals surface area contributed by atoms with Crippen molar-refractivity contribution >= 4 is 18.3 Å². The molecule has 1 aromatic heterocycles. The van der Waals surface area contributed by atoms with Crippen molar-refractivity contribution in [2.45, 2.75) is 6.04 Å². The third kappa shape index (κ3) is 3.59. The highest BCUT2D eigenvalue weighted by Crippen LogP contribution is 2.44. The highest BCUT2D eigenvalue weighted by Gasteiger charge is 2.47. The number of aromatic nitrogens is 3. The van der Waals surface area contributed by atoms with Gasteiger partial charge in [-0.15, -0.1) is 17.5 Å². The van der Waals surface area contributed by atoms with E-state index >= 15 is 0 Å². The minimum absolute atomic E-state index is 0. The van der Waals surface area contributed by atoms with Crippen molar-refractivity contribution in [2.24, 2.45) is 11.8 Å². The molecule has 0 unspecified atom stereocenters. The summed E-state index contributed by atoms with van der Waals surface area (Å²) in [5.74, 6) is 0.348. The summed E-state index contributed by atoms with van der Waals surface area (Å²) in [6.45, 7) is 2.23. The highest BCUT2D eigenvalue weighted by molar-refractivity contribution is 5.92. The van der Waals surface area contributed by atoms with Crippen LogP contribution >= 0.6 is 12.4 Å². The van der Waals surface area contributed by atoms with Crippen LogP contribution in [0.15, 0.2) is 60.8 Å². The van der Waals surface area contributed by atoms with Gasteiger partial charge in [-0.3, -0.25) is 9.69 Å². The molecule has 6 nitrogen and oxygen atoms in total. The molecule has 2 saturated heterocycles. The monoisotopic (exact) mass is 427 g/mol. The van der Waals surface area contributed by atoms with Crippen molar-refractivity contribution in [3.05, 3.63) is 77.9 Å². The minimum atomic E-state index is -0.220. The second-order valence-corrected chi connectivity index (χ2v) is 7.96. The maximum atomic E-state index is 13.8. The number of likely N-dealkylation sites (tertiary alicyclic amines) is 2. The molecule has 8 heteroatoms. The van der Waals surface area contributed by atoms with Gasteiger partial charge in [0.25, 0.3) is 5.91 Å². The third-order valence-corrected chi connectivity index (χ3v) is 6.11. The summed E-state index contributed by atoms with van der Waals surface area (Å²) in [7, 11) is 2.07. The van der Waals surface area contributed by atoms with Gasteiger partial charge in [0, 0.05) is 31.6 Å². The molecule has 0 saturated carbocycles. The van der Waals surface area contributed by atoms with E-state index in [-0.39, 0.29) is 36.1 Å². The lowest BCUT2D eigenvalue weighted by molar-refractivity contribution is 0.0762. The molecule has 3 atom stereocenters. The smallest absolute Gasteiger partial charge is 0.276 e. The van der Waals surface area contributed by atoms with Gasteiger partial charge < -0.3 is 4.90 Å². The molecule has 2 fully saturated rings. The second kappa shape index (κ2) is 8.16. The lowest BCUT2D eigenvalue weighted by Crippen LogP contribution is -2.33. The van der Waals surface area contributed by atoms with Crippen LogP contribution in [0.1, 0.15) is 22.1 Å². The molecule has 2 aliphatic heterocycles. The molecule has 5 rings (SSSR count). The van der Waals surface area contributed by atoms with E-state index in [9.17, 15) is 9.18 Å². The molecule has 2 aliphatic rings. The Balaban J connectivity index is 0.00000218. The number of carbonyl (C=O) groups excluding carboxylic acids is 1. The van der Waals surface area contributed by atoms with Crippen LogP contribution in [0.5, 0.6) is 0 Å². The average molecular weight is 428 g/mol. The number of para-hydroxylation sites is 1. The van der Waals surface area contributed by atoms with Crippen LogP contribution in [-0.4, -0.2) is 57.4 Å². The predicted octanol–water partition coefficient (Wildman–Crippen LogP) is 3.20. The Morgan fingerprint density at radius 3 is 2.63 bits per heavy atom. The summed E-state index contributed by atoms with van der Waals surface area (Å²) in [4.78, 5) is 17.2. The van der Waals surface area contributed by atoms with Crippen molar-refractivity contribution in [3.63, 3.8) is 0 Å². The Hall–Kier alpha value is -2.77. The fourth-order valence-corrected chi connectivity index (χ4v) is 4.85. The maximum Gasteiger partial charge on any atom is 0.276 e. The number of halogens is 2. The van der Waals surface area contributed by atoms with E-state index in [4.69, 9.17) is 0 Å². The van der Waals surface area contributed by atoms with Gasteiger partial charge in [0.2, 0.25) is 0 Å². The van der Waals surface area contributed by atoms with Crippen LogP contribution in [0.2, 0.25) is 0 Å². The number of hydrogen-bond donors (Lipinski definition) is 0. The topological polar surface area (TPSA) is 54.3 Å². The molecule has 1 amide bonds. The number of nitrogens with zero attached hydrogens (tertiary/aromatic N) is 5. The zero-order valence-corrected chi connectivity index (χ0v) is 17.4. The van der Waals surface area contributed by atoms with Crippen molar-refractivity contribution in [2.75, 3.05) is 26.7 Å². The van der Waals surface area contributed by atoms with E-state index < -0.39 is 0 Å². The molecule has 0 radical (unpaired) electrons. The summed E-state index contributed by atoms with van der Waals surface area (Å²) in [6.07, 6.45) is 1.68. The first-order valence-corrected chi connectivity index (χ1v) is 9.83. The first-order chi connectivity index (χ1) is 14.1. The molecule has 0 spiro atoms. The van der Waals surface area contributed by atoms with Crippen LogP contribution in [0, 0.1) is 17.7 Å². The van der Waals surface area contributed by atoms with Gasteiger partial charge in [-0.25, -0.2) is 9.07 Å².